The van der Waals surface area contributed by atoms with Crippen LogP contribution in [0.25, 0.3) is 0 Å². The largest absolute Gasteiger partial charge is 0.329 e. The number of H-pyrrole nitrogens is 2. The number of aromatic nitrogens is 2. The third-order valence-corrected chi connectivity index (χ3v) is 4.89. The summed E-state index contributed by atoms with van der Waals surface area (Å²) >= 11 is 0. The molecule has 1 unspecified atom stereocenters. The molecule has 2 N–H and O–H groups in total. The molecule has 1 aromatic carbocycles. The van der Waals surface area contributed by atoms with E-state index in [1.165, 1.54) is 4.90 Å². The summed E-state index contributed by atoms with van der Waals surface area (Å²) in [6.45, 7) is 5.73. The highest BCUT2D eigenvalue weighted by Gasteiger charge is 2.34. The van der Waals surface area contributed by atoms with Crippen LogP contribution in [0.5, 0.6) is 0 Å². The first-order valence-corrected chi connectivity index (χ1v) is 8.75. The predicted molar refractivity (Wildman–Crippen MR) is 101 cm³/mol. The Labute approximate surface area is 155 Å². The smallest absolute Gasteiger partial charge is 0.325 e. The van der Waals surface area contributed by atoms with E-state index in [2.05, 4.69) is 9.97 Å². The summed E-state index contributed by atoms with van der Waals surface area (Å²) in [5.41, 5.74) is 1.21. The van der Waals surface area contributed by atoms with Crippen molar-refractivity contribution in [3.63, 3.8) is 0 Å². The number of aryl methyl sites for hydroxylation is 2. The SMILES string of the molecule is Cc1ccccc1N1CC(C)N(C(=O)Cc2c(C)[nH]c(=O)[nH]c2=O)CC1=O. The number of benzene rings is 1. The summed E-state index contributed by atoms with van der Waals surface area (Å²) in [6.07, 6.45) is -0.167. The van der Waals surface area contributed by atoms with Crippen molar-refractivity contribution in [2.24, 2.45) is 0 Å². The lowest BCUT2D eigenvalue weighted by atomic mass is 10.1. The van der Waals surface area contributed by atoms with Crippen LogP contribution in [0.15, 0.2) is 33.9 Å². The van der Waals surface area contributed by atoms with E-state index in [1.54, 1.807) is 11.8 Å². The molecule has 2 amide bonds. The van der Waals surface area contributed by atoms with Crippen LogP contribution in [0.1, 0.15) is 23.7 Å². The molecule has 8 heteroatoms. The Morgan fingerprint density at radius 2 is 1.85 bits per heavy atom. The Kier molecular flexibility index (Phi) is 4.98. The van der Waals surface area contributed by atoms with Gasteiger partial charge in [-0.3, -0.25) is 19.4 Å². The van der Waals surface area contributed by atoms with E-state index < -0.39 is 11.2 Å². The van der Waals surface area contributed by atoms with Crippen LogP contribution in [-0.4, -0.2) is 45.8 Å². The van der Waals surface area contributed by atoms with Gasteiger partial charge in [-0.25, -0.2) is 4.79 Å². The number of carbonyl (C=O) groups excluding carboxylic acids is 2. The van der Waals surface area contributed by atoms with E-state index in [9.17, 15) is 19.2 Å². The molecule has 1 aliphatic heterocycles. The molecule has 1 fully saturated rings. The van der Waals surface area contributed by atoms with Crippen molar-refractivity contribution < 1.29 is 9.59 Å². The molecule has 1 aliphatic rings. The normalized spacial score (nSPS) is 17.3. The van der Waals surface area contributed by atoms with Crippen LogP contribution < -0.4 is 16.1 Å². The van der Waals surface area contributed by atoms with E-state index in [0.717, 1.165) is 11.3 Å². The Morgan fingerprint density at radius 1 is 1.15 bits per heavy atom. The minimum atomic E-state index is -0.607. The van der Waals surface area contributed by atoms with Crippen LogP contribution in [0.4, 0.5) is 5.69 Å². The number of aromatic amines is 2. The first kappa shape index (κ1) is 18.6. The van der Waals surface area contributed by atoms with Gasteiger partial charge in [-0.15, -0.1) is 0 Å². The highest BCUT2D eigenvalue weighted by atomic mass is 16.2. The number of hydrogen-bond donors (Lipinski definition) is 2. The maximum atomic E-state index is 12.7. The third kappa shape index (κ3) is 3.69. The monoisotopic (exact) mass is 370 g/mol. The minimum absolute atomic E-state index is 0.0470. The minimum Gasteiger partial charge on any atom is -0.329 e. The van der Waals surface area contributed by atoms with Crippen LogP contribution >= 0.6 is 0 Å². The average Bonchev–Trinajstić information content (AvgIpc) is 2.60. The Hall–Kier alpha value is -3.16. The highest BCUT2D eigenvalue weighted by molar-refractivity contribution is 5.99. The van der Waals surface area contributed by atoms with Crippen LogP contribution in [-0.2, 0) is 16.0 Å². The van der Waals surface area contributed by atoms with Crippen molar-refractivity contribution in [3.8, 4) is 0 Å². The molecule has 0 saturated carbocycles. The van der Waals surface area contributed by atoms with Gasteiger partial charge in [0.15, 0.2) is 0 Å². The lowest BCUT2D eigenvalue weighted by Crippen LogP contribution is -2.57. The second-order valence-electron chi connectivity index (χ2n) is 6.85. The van der Waals surface area contributed by atoms with Crippen LogP contribution in [0.2, 0.25) is 0 Å². The third-order valence-electron chi connectivity index (χ3n) is 4.89. The molecule has 1 atom stereocenters. The lowest BCUT2D eigenvalue weighted by molar-refractivity contribution is -0.138. The number of carbonyl (C=O) groups is 2. The van der Waals surface area contributed by atoms with Gasteiger partial charge >= 0.3 is 5.69 Å². The summed E-state index contributed by atoms with van der Waals surface area (Å²) in [7, 11) is 0. The predicted octanol–water partition coefficient (Wildman–Crippen LogP) is 0.486. The molecule has 142 valence electrons. The van der Waals surface area contributed by atoms with Crippen LogP contribution in [0, 0.1) is 13.8 Å². The molecule has 2 heterocycles. The van der Waals surface area contributed by atoms with Gasteiger partial charge in [-0.1, -0.05) is 18.2 Å². The van der Waals surface area contributed by atoms with Crippen molar-refractivity contribution in [3.05, 3.63) is 61.9 Å². The molecule has 1 saturated heterocycles. The van der Waals surface area contributed by atoms with Crippen molar-refractivity contribution in [1.29, 1.82) is 0 Å². The topological polar surface area (TPSA) is 106 Å². The van der Waals surface area contributed by atoms with Gasteiger partial charge in [-0.2, -0.15) is 0 Å². The maximum Gasteiger partial charge on any atom is 0.325 e. The van der Waals surface area contributed by atoms with E-state index in [4.69, 9.17) is 0 Å². The second-order valence-corrected chi connectivity index (χ2v) is 6.85. The van der Waals surface area contributed by atoms with E-state index in [1.807, 2.05) is 38.1 Å². The lowest BCUT2D eigenvalue weighted by Gasteiger charge is -2.40. The Bertz CT molecular complexity index is 1010. The summed E-state index contributed by atoms with van der Waals surface area (Å²) in [5, 5.41) is 0. The van der Waals surface area contributed by atoms with Gasteiger partial charge < -0.3 is 14.8 Å². The number of nitrogens with zero attached hydrogens (tertiary/aromatic N) is 2. The average molecular weight is 370 g/mol. The zero-order chi connectivity index (χ0) is 19.7. The molecule has 0 bridgehead atoms. The number of rotatable bonds is 3. The van der Waals surface area contributed by atoms with Crippen molar-refractivity contribution >= 4 is 17.5 Å². The molecule has 8 nitrogen and oxygen atoms in total. The number of para-hydroxylation sites is 1. The molecule has 3 rings (SSSR count). The second kappa shape index (κ2) is 7.22. The highest BCUT2D eigenvalue weighted by Crippen LogP contribution is 2.24. The zero-order valence-corrected chi connectivity index (χ0v) is 15.5. The first-order valence-electron chi connectivity index (χ1n) is 8.75. The molecule has 2 aromatic rings. The van der Waals surface area contributed by atoms with Gasteiger partial charge in [-0.05, 0) is 32.4 Å². The molecular formula is C19H22N4O4. The number of nitrogens with one attached hydrogen (secondary N) is 2. The number of hydrogen-bond acceptors (Lipinski definition) is 4. The number of anilines is 1. The number of piperazine rings is 1. The van der Waals surface area contributed by atoms with Crippen molar-refractivity contribution in [2.45, 2.75) is 33.2 Å². The summed E-state index contributed by atoms with van der Waals surface area (Å²) in [6, 6.07) is 7.42. The van der Waals surface area contributed by atoms with Gasteiger partial charge in [0.2, 0.25) is 11.8 Å². The molecule has 27 heavy (non-hydrogen) atoms. The number of amides is 2. The molecule has 0 aliphatic carbocycles. The van der Waals surface area contributed by atoms with E-state index in [0.29, 0.717) is 12.2 Å². The fraction of sp³-hybridized carbons (Fsp3) is 0.368. The summed E-state index contributed by atoms with van der Waals surface area (Å²) in [4.78, 5) is 56.5. The quantitative estimate of drug-likeness (QED) is 0.820. The summed E-state index contributed by atoms with van der Waals surface area (Å²) < 4.78 is 0. The van der Waals surface area contributed by atoms with Gasteiger partial charge in [0, 0.05) is 29.5 Å². The Balaban J connectivity index is 1.79. The molecular weight excluding hydrogens is 348 g/mol. The molecule has 0 spiro atoms. The van der Waals surface area contributed by atoms with E-state index >= 15 is 0 Å². The zero-order valence-electron chi connectivity index (χ0n) is 15.5. The maximum absolute atomic E-state index is 12.7. The fourth-order valence-corrected chi connectivity index (χ4v) is 3.38. The van der Waals surface area contributed by atoms with E-state index in [-0.39, 0.29) is 36.4 Å². The Morgan fingerprint density at radius 3 is 2.52 bits per heavy atom. The van der Waals surface area contributed by atoms with Gasteiger partial charge in [0.05, 0.1) is 6.42 Å². The van der Waals surface area contributed by atoms with Crippen molar-refractivity contribution in [1.82, 2.24) is 14.9 Å². The standard InChI is InChI=1S/C19H22N4O4/c1-11-6-4-5-7-15(11)23-9-12(2)22(10-17(23)25)16(24)8-14-13(3)20-19(27)21-18(14)26/h4-7,12H,8-10H2,1-3H3,(H2,20,21,26,27). The van der Waals surface area contributed by atoms with Gasteiger partial charge in [0.25, 0.3) is 5.56 Å². The molecule has 1 aromatic heterocycles. The first-order chi connectivity index (χ1) is 12.8. The van der Waals surface area contributed by atoms with Crippen molar-refractivity contribution in [2.75, 3.05) is 18.0 Å². The fourth-order valence-electron chi connectivity index (χ4n) is 3.38. The molecule has 0 radical (unpaired) electrons. The van der Waals surface area contributed by atoms with Gasteiger partial charge in [0.1, 0.15) is 6.54 Å². The summed E-state index contributed by atoms with van der Waals surface area (Å²) in [5.74, 6) is -0.483. The van der Waals surface area contributed by atoms with Crippen LogP contribution in [0.3, 0.4) is 0 Å².